The summed E-state index contributed by atoms with van der Waals surface area (Å²) >= 11 is 0. The third-order valence-electron chi connectivity index (χ3n) is 8.03. The van der Waals surface area contributed by atoms with Crippen molar-refractivity contribution >= 4 is 57.4 Å². The van der Waals surface area contributed by atoms with E-state index < -0.39 is 0 Å². The summed E-state index contributed by atoms with van der Waals surface area (Å²) in [5.41, 5.74) is 7.28. The summed E-state index contributed by atoms with van der Waals surface area (Å²) in [6.45, 7) is 14.3. The van der Waals surface area contributed by atoms with E-state index in [9.17, 15) is 0 Å². The van der Waals surface area contributed by atoms with E-state index in [1.54, 1.807) is 0 Å². The molecule has 240 valence electrons. The standard InChI is InChI=1S/C38H47N6S2/c1-2-33(3-4-34-7-11-37(12-8-34)43-26-19-40-20-27-43)15-18-39-23-31-45-46-32-30-42-24-16-36(17-25-42)6-5-35-9-13-38(14-10-35)44-28-21-41-22-29-44/h2-18,24-25,40-41H,1,19-23,26-32H2/q+1/b4-3+,33-15+,39-18?. The van der Waals surface area contributed by atoms with Crippen molar-refractivity contribution in [1.29, 1.82) is 0 Å². The van der Waals surface area contributed by atoms with Crippen LogP contribution in [0.15, 0.2) is 108 Å². The van der Waals surface area contributed by atoms with Gasteiger partial charge < -0.3 is 20.4 Å². The topological polar surface area (TPSA) is 46.8 Å². The summed E-state index contributed by atoms with van der Waals surface area (Å²) in [7, 11) is 3.79. The molecule has 6 nitrogen and oxygen atoms in total. The maximum absolute atomic E-state index is 4.56. The molecule has 1 aromatic heterocycles. The Hall–Kier alpha value is -3.56. The highest BCUT2D eigenvalue weighted by molar-refractivity contribution is 8.76. The lowest BCUT2D eigenvalue weighted by Crippen LogP contribution is -2.43. The Labute approximate surface area is 283 Å². The zero-order chi connectivity index (χ0) is 31.7. The summed E-state index contributed by atoms with van der Waals surface area (Å²) in [5.74, 6) is 2.06. The molecule has 2 aliphatic rings. The molecule has 2 aromatic carbocycles. The quantitative estimate of drug-likeness (QED) is 0.0667. The van der Waals surface area contributed by atoms with E-state index in [1.807, 2.05) is 40.0 Å². The Balaban J connectivity index is 0.944. The molecular formula is C38H47N6S2+. The highest BCUT2D eigenvalue weighted by Gasteiger charge is 2.10. The summed E-state index contributed by atoms with van der Waals surface area (Å²) in [6.07, 6.45) is 18.7. The first-order valence-electron chi connectivity index (χ1n) is 16.3. The number of hydrogen-bond donors (Lipinski definition) is 2. The zero-order valence-electron chi connectivity index (χ0n) is 26.8. The number of aryl methyl sites for hydroxylation is 1. The maximum Gasteiger partial charge on any atom is 0.169 e. The molecule has 2 N–H and O–H groups in total. The Morgan fingerprint density at radius 3 is 1.80 bits per heavy atom. The number of benzene rings is 2. The van der Waals surface area contributed by atoms with Crippen molar-refractivity contribution in [2.45, 2.75) is 6.54 Å². The van der Waals surface area contributed by atoms with E-state index >= 15 is 0 Å². The molecule has 0 saturated carbocycles. The Morgan fingerprint density at radius 1 is 0.717 bits per heavy atom. The molecule has 46 heavy (non-hydrogen) atoms. The van der Waals surface area contributed by atoms with Crippen molar-refractivity contribution in [1.82, 2.24) is 10.6 Å². The minimum absolute atomic E-state index is 0.808. The molecule has 0 amide bonds. The maximum atomic E-state index is 4.56. The van der Waals surface area contributed by atoms with Gasteiger partial charge in [-0.3, -0.25) is 4.99 Å². The first-order chi connectivity index (χ1) is 22.8. The van der Waals surface area contributed by atoms with Gasteiger partial charge in [0.05, 0.1) is 5.75 Å². The number of hydrogen-bond acceptors (Lipinski definition) is 7. The van der Waals surface area contributed by atoms with Gasteiger partial charge in [-0.15, -0.1) is 0 Å². The number of allylic oxidation sites excluding steroid dienone is 4. The third kappa shape index (κ3) is 11.4. The SMILES string of the molecule is C=CC(/C=C/c1ccc(N2CCNCC2)cc1)=C\C=NCCSSCC[n+]1ccc(/C=C/c2ccc(N3CCNCC3)cc2)cc1. The van der Waals surface area contributed by atoms with Crippen molar-refractivity contribution in [3.05, 3.63) is 120 Å². The van der Waals surface area contributed by atoms with Gasteiger partial charge in [0, 0.05) is 94.4 Å². The molecule has 0 spiro atoms. The predicted octanol–water partition coefficient (Wildman–Crippen LogP) is 6.24. The second kappa shape index (κ2) is 19.2. The lowest BCUT2D eigenvalue weighted by Gasteiger charge is -2.29. The van der Waals surface area contributed by atoms with Crippen LogP contribution in [0.3, 0.4) is 0 Å². The van der Waals surface area contributed by atoms with Crippen LogP contribution >= 0.6 is 21.6 Å². The Bertz CT molecular complexity index is 1450. The lowest BCUT2D eigenvalue weighted by atomic mass is 10.1. The Kier molecular flexibility index (Phi) is 14.1. The monoisotopic (exact) mass is 651 g/mol. The minimum Gasteiger partial charge on any atom is -0.369 e. The highest BCUT2D eigenvalue weighted by Crippen LogP contribution is 2.21. The number of aliphatic imine (C=N–C) groups is 1. The van der Waals surface area contributed by atoms with Crippen LogP contribution in [0, 0.1) is 0 Å². The van der Waals surface area contributed by atoms with Crippen LogP contribution in [-0.2, 0) is 6.54 Å². The number of pyridine rings is 1. The number of anilines is 2. The van der Waals surface area contributed by atoms with E-state index in [2.05, 4.69) is 134 Å². The highest BCUT2D eigenvalue weighted by atomic mass is 33.1. The molecule has 3 aromatic rings. The van der Waals surface area contributed by atoms with E-state index in [0.717, 1.165) is 82.5 Å². The fraction of sp³-hybridized carbons (Fsp3) is 0.316. The van der Waals surface area contributed by atoms with Gasteiger partial charge in [0.1, 0.15) is 0 Å². The minimum atomic E-state index is 0.808. The van der Waals surface area contributed by atoms with Gasteiger partial charge in [-0.1, -0.05) is 82.8 Å². The van der Waals surface area contributed by atoms with Crippen LogP contribution in [0.5, 0.6) is 0 Å². The summed E-state index contributed by atoms with van der Waals surface area (Å²) < 4.78 is 2.25. The van der Waals surface area contributed by atoms with Crippen molar-refractivity contribution in [3.8, 4) is 0 Å². The molecule has 0 atom stereocenters. The molecule has 2 saturated heterocycles. The average molecular weight is 652 g/mol. The van der Waals surface area contributed by atoms with Crippen LogP contribution in [0.1, 0.15) is 16.7 Å². The number of nitrogens with one attached hydrogen (secondary N) is 2. The first kappa shape index (κ1) is 33.8. The van der Waals surface area contributed by atoms with Crippen LogP contribution < -0.4 is 25.0 Å². The molecule has 2 fully saturated rings. The fourth-order valence-corrected chi connectivity index (χ4v) is 7.16. The number of rotatable bonds is 15. The van der Waals surface area contributed by atoms with Crippen molar-refractivity contribution in [2.75, 3.05) is 80.2 Å². The molecule has 2 aliphatic heterocycles. The van der Waals surface area contributed by atoms with Gasteiger partial charge in [0.25, 0.3) is 0 Å². The van der Waals surface area contributed by atoms with Gasteiger partial charge in [-0.05, 0) is 52.6 Å². The predicted molar refractivity (Wildman–Crippen MR) is 204 cm³/mol. The zero-order valence-corrected chi connectivity index (χ0v) is 28.4. The van der Waals surface area contributed by atoms with E-state index in [0.29, 0.717) is 0 Å². The number of nitrogens with zero attached hydrogens (tertiary/aromatic N) is 4. The largest absolute Gasteiger partial charge is 0.369 e. The Morgan fingerprint density at radius 2 is 1.24 bits per heavy atom. The molecule has 3 heterocycles. The summed E-state index contributed by atoms with van der Waals surface area (Å²) in [4.78, 5) is 9.43. The van der Waals surface area contributed by atoms with Crippen LogP contribution in [-0.4, -0.2) is 76.6 Å². The van der Waals surface area contributed by atoms with Gasteiger partial charge >= 0.3 is 0 Å². The summed E-state index contributed by atoms with van der Waals surface area (Å²) in [6, 6.07) is 22.0. The lowest BCUT2D eigenvalue weighted by molar-refractivity contribution is -0.692. The normalized spacial score (nSPS) is 16.2. The molecule has 0 aliphatic carbocycles. The van der Waals surface area contributed by atoms with Crippen LogP contribution in [0.2, 0.25) is 0 Å². The van der Waals surface area contributed by atoms with Crippen molar-refractivity contribution < 1.29 is 4.57 Å². The molecule has 0 radical (unpaired) electrons. The second-order valence-electron chi connectivity index (χ2n) is 11.3. The van der Waals surface area contributed by atoms with Crippen LogP contribution in [0.25, 0.3) is 18.2 Å². The molecule has 0 bridgehead atoms. The first-order valence-corrected chi connectivity index (χ1v) is 18.8. The van der Waals surface area contributed by atoms with E-state index in [4.69, 9.17) is 0 Å². The van der Waals surface area contributed by atoms with Gasteiger partial charge in [-0.25, -0.2) is 4.57 Å². The fourth-order valence-electron chi connectivity index (χ4n) is 5.31. The molecule has 5 rings (SSSR count). The molecule has 8 heteroatoms. The number of piperazine rings is 2. The van der Waals surface area contributed by atoms with Crippen LogP contribution in [0.4, 0.5) is 11.4 Å². The van der Waals surface area contributed by atoms with E-state index in [-0.39, 0.29) is 0 Å². The van der Waals surface area contributed by atoms with Gasteiger partial charge in [0.15, 0.2) is 18.9 Å². The van der Waals surface area contributed by atoms with Gasteiger partial charge in [-0.2, -0.15) is 0 Å². The van der Waals surface area contributed by atoms with Crippen molar-refractivity contribution in [3.63, 3.8) is 0 Å². The summed E-state index contributed by atoms with van der Waals surface area (Å²) in [5, 5.41) is 6.82. The average Bonchev–Trinajstić information content (AvgIpc) is 3.13. The van der Waals surface area contributed by atoms with Gasteiger partial charge in [0.2, 0.25) is 0 Å². The molecular weight excluding hydrogens is 605 g/mol. The van der Waals surface area contributed by atoms with Crippen molar-refractivity contribution in [2.24, 2.45) is 4.99 Å². The van der Waals surface area contributed by atoms with E-state index in [1.165, 1.54) is 28.1 Å². The third-order valence-corrected chi connectivity index (χ3v) is 10.4. The smallest absolute Gasteiger partial charge is 0.169 e. The number of aromatic nitrogens is 1. The molecule has 0 unspecified atom stereocenters. The second-order valence-corrected chi connectivity index (χ2v) is 14.0.